The Bertz CT molecular complexity index is 152. The average Bonchev–Trinajstić information content (AvgIpc) is 2.03. The van der Waals surface area contributed by atoms with E-state index in [1.165, 1.54) is 0 Å². The van der Waals surface area contributed by atoms with Crippen molar-refractivity contribution in [2.75, 3.05) is 13.2 Å². The van der Waals surface area contributed by atoms with E-state index in [0.29, 0.717) is 13.0 Å². The zero-order chi connectivity index (χ0) is 9.90. The lowest BCUT2D eigenvalue weighted by Gasteiger charge is -2.27. The minimum atomic E-state index is -4.28. The summed E-state index contributed by atoms with van der Waals surface area (Å²) in [6.45, 7) is 0.840. The number of aliphatic hydroxyl groups excluding tert-OH is 1. The molecule has 1 fully saturated rings. The smallest absolute Gasteiger partial charge is 0.391 e. The van der Waals surface area contributed by atoms with E-state index in [2.05, 4.69) is 0 Å². The topological polar surface area (TPSA) is 29.5 Å². The molecule has 0 aromatic carbocycles. The van der Waals surface area contributed by atoms with Crippen LogP contribution in [0.4, 0.5) is 13.2 Å². The molecule has 0 amide bonds. The van der Waals surface area contributed by atoms with Gasteiger partial charge in [0, 0.05) is 12.5 Å². The van der Waals surface area contributed by atoms with Gasteiger partial charge in [0.25, 0.3) is 0 Å². The molecule has 1 aliphatic rings. The predicted octanol–water partition coefficient (Wildman–Crippen LogP) is 1.73. The number of hydrogen-bond acceptors (Lipinski definition) is 2. The highest BCUT2D eigenvalue weighted by atomic mass is 19.4. The largest absolute Gasteiger partial charge is 0.392 e. The second-order valence-corrected chi connectivity index (χ2v) is 3.36. The van der Waals surface area contributed by atoms with Crippen LogP contribution in [-0.4, -0.2) is 30.6 Å². The van der Waals surface area contributed by atoms with Crippen molar-refractivity contribution >= 4 is 0 Å². The van der Waals surface area contributed by atoms with Crippen molar-refractivity contribution < 1.29 is 23.0 Å². The van der Waals surface area contributed by atoms with E-state index in [0.717, 1.165) is 6.42 Å². The quantitative estimate of drug-likeness (QED) is 0.732. The molecule has 5 heteroatoms. The molecule has 0 saturated carbocycles. The Morgan fingerprint density at radius 1 is 1.46 bits per heavy atom. The summed E-state index contributed by atoms with van der Waals surface area (Å²) in [5.74, 6) is -0.352. The van der Waals surface area contributed by atoms with Gasteiger partial charge in [-0.05, 0) is 12.8 Å². The summed E-state index contributed by atoms with van der Waals surface area (Å²) in [5.41, 5.74) is 0. The molecule has 1 saturated heterocycles. The van der Waals surface area contributed by atoms with Gasteiger partial charge in [-0.1, -0.05) is 0 Å². The molecule has 1 N–H and O–H groups in total. The Balaban J connectivity index is 2.33. The number of halogens is 3. The first-order valence-electron chi connectivity index (χ1n) is 4.31. The van der Waals surface area contributed by atoms with Gasteiger partial charge in [0.2, 0.25) is 0 Å². The Labute approximate surface area is 74.7 Å². The summed E-state index contributed by atoms with van der Waals surface area (Å²) < 4.78 is 40.6. The van der Waals surface area contributed by atoms with Crippen LogP contribution in [0.2, 0.25) is 0 Å². The molecule has 1 aliphatic heterocycles. The maximum Gasteiger partial charge on any atom is 0.391 e. The van der Waals surface area contributed by atoms with E-state index in [-0.39, 0.29) is 12.5 Å². The molecule has 13 heavy (non-hydrogen) atoms. The standard InChI is InChI=1S/C8H13F3O2/c9-8(10,11)4-7(12)6-2-1-3-13-5-6/h6-7,12H,1-5H2. The first kappa shape index (κ1) is 10.8. The zero-order valence-corrected chi connectivity index (χ0v) is 7.18. The number of alkyl halides is 3. The monoisotopic (exact) mass is 198 g/mol. The zero-order valence-electron chi connectivity index (χ0n) is 7.18. The maximum atomic E-state index is 11.9. The molecular weight excluding hydrogens is 185 g/mol. The molecule has 0 radical (unpaired) electrons. The average molecular weight is 198 g/mol. The lowest BCUT2D eigenvalue weighted by Crippen LogP contribution is -2.32. The molecule has 0 bridgehead atoms. The summed E-state index contributed by atoms with van der Waals surface area (Å²) >= 11 is 0. The third kappa shape index (κ3) is 3.95. The molecule has 0 spiro atoms. The van der Waals surface area contributed by atoms with Crippen LogP contribution >= 0.6 is 0 Å². The van der Waals surface area contributed by atoms with Crippen molar-refractivity contribution in [1.29, 1.82) is 0 Å². The van der Waals surface area contributed by atoms with Gasteiger partial charge < -0.3 is 9.84 Å². The van der Waals surface area contributed by atoms with Crippen molar-refractivity contribution in [2.24, 2.45) is 5.92 Å². The summed E-state index contributed by atoms with van der Waals surface area (Å²) in [7, 11) is 0. The maximum absolute atomic E-state index is 11.9. The second-order valence-electron chi connectivity index (χ2n) is 3.36. The molecule has 0 aromatic heterocycles. The SMILES string of the molecule is OC(CC(F)(F)F)C1CCCOC1. The Kier molecular flexibility index (Phi) is 3.55. The summed E-state index contributed by atoms with van der Waals surface area (Å²) in [5, 5.41) is 9.21. The number of rotatable bonds is 2. The van der Waals surface area contributed by atoms with Gasteiger partial charge in [0.15, 0.2) is 0 Å². The van der Waals surface area contributed by atoms with E-state index in [1.54, 1.807) is 0 Å². The summed E-state index contributed by atoms with van der Waals surface area (Å²) in [6, 6.07) is 0. The Morgan fingerprint density at radius 2 is 2.15 bits per heavy atom. The first-order chi connectivity index (χ1) is 5.99. The lowest BCUT2D eigenvalue weighted by atomic mass is 9.94. The van der Waals surface area contributed by atoms with E-state index in [1.807, 2.05) is 0 Å². The molecular formula is C8H13F3O2. The fourth-order valence-electron chi connectivity index (χ4n) is 1.47. The van der Waals surface area contributed by atoms with Crippen molar-refractivity contribution in [3.63, 3.8) is 0 Å². The van der Waals surface area contributed by atoms with Crippen molar-refractivity contribution in [3.8, 4) is 0 Å². The van der Waals surface area contributed by atoms with Crippen LogP contribution in [-0.2, 0) is 4.74 Å². The highest BCUT2D eigenvalue weighted by Crippen LogP contribution is 2.27. The highest BCUT2D eigenvalue weighted by Gasteiger charge is 2.35. The van der Waals surface area contributed by atoms with Crippen LogP contribution in [0.3, 0.4) is 0 Å². The van der Waals surface area contributed by atoms with Crippen LogP contribution in [0.1, 0.15) is 19.3 Å². The Morgan fingerprint density at radius 3 is 2.62 bits per heavy atom. The van der Waals surface area contributed by atoms with Crippen LogP contribution in [0.5, 0.6) is 0 Å². The molecule has 2 atom stereocenters. The van der Waals surface area contributed by atoms with Gasteiger partial charge in [-0.25, -0.2) is 0 Å². The van der Waals surface area contributed by atoms with Gasteiger partial charge >= 0.3 is 6.18 Å². The Hall–Kier alpha value is -0.290. The van der Waals surface area contributed by atoms with Crippen molar-refractivity contribution in [1.82, 2.24) is 0 Å². The molecule has 1 rings (SSSR count). The predicted molar refractivity (Wildman–Crippen MR) is 40.2 cm³/mol. The van der Waals surface area contributed by atoms with Gasteiger partial charge in [0.05, 0.1) is 19.1 Å². The van der Waals surface area contributed by atoms with Crippen LogP contribution < -0.4 is 0 Å². The second kappa shape index (κ2) is 4.28. The normalized spacial score (nSPS) is 27.2. The molecule has 2 nitrogen and oxygen atoms in total. The number of hydrogen-bond donors (Lipinski definition) is 1. The minimum absolute atomic E-state index is 0.247. The van der Waals surface area contributed by atoms with Crippen molar-refractivity contribution in [2.45, 2.75) is 31.5 Å². The van der Waals surface area contributed by atoms with Gasteiger partial charge in [0.1, 0.15) is 0 Å². The van der Waals surface area contributed by atoms with E-state index < -0.39 is 18.7 Å². The van der Waals surface area contributed by atoms with E-state index in [9.17, 15) is 18.3 Å². The van der Waals surface area contributed by atoms with E-state index >= 15 is 0 Å². The van der Waals surface area contributed by atoms with Gasteiger partial charge in [-0.2, -0.15) is 13.2 Å². The fourth-order valence-corrected chi connectivity index (χ4v) is 1.47. The number of aliphatic hydroxyl groups is 1. The number of ether oxygens (including phenoxy) is 1. The van der Waals surface area contributed by atoms with Gasteiger partial charge in [-0.15, -0.1) is 0 Å². The van der Waals surface area contributed by atoms with Crippen molar-refractivity contribution in [3.05, 3.63) is 0 Å². The van der Waals surface area contributed by atoms with Crippen LogP contribution in [0.25, 0.3) is 0 Å². The highest BCUT2D eigenvalue weighted by molar-refractivity contribution is 4.74. The van der Waals surface area contributed by atoms with Crippen LogP contribution in [0.15, 0.2) is 0 Å². The molecule has 0 aromatic rings. The molecule has 0 aliphatic carbocycles. The summed E-state index contributed by atoms with van der Waals surface area (Å²) in [4.78, 5) is 0. The summed E-state index contributed by atoms with van der Waals surface area (Å²) in [6.07, 6.45) is -5.35. The third-order valence-corrected chi connectivity index (χ3v) is 2.18. The lowest BCUT2D eigenvalue weighted by molar-refractivity contribution is -0.164. The fraction of sp³-hybridized carbons (Fsp3) is 1.00. The van der Waals surface area contributed by atoms with Gasteiger partial charge in [-0.3, -0.25) is 0 Å². The van der Waals surface area contributed by atoms with Crippen LogP contribution in [0, 0.1) is 5.92 Å². The molecule has 1 heterocycles. The third-order valence-electron chi connectivity index (χ3n) is 2.18. The minimum Gasteiger partial charge on any atom is -0.392 e. The first-order valence-corrected chi connectivity index (χ1v) is 4.31. The molecule has 78 valence electrons. The van der Waals surface area contributed by atoms with E-state index in [4.69, 9.17) is 4.74 Å². The molecule has 2 unspecified atom stereocenters.